The summed E-state index contributed by atoms with van der Waals surface area (Å²) in [6.07, 6.45) is -0.620. The van der Waals surface area contributed by atoms with Crippen molar-refractivity contribution >= 4 is 15.9 Å². The lowest BCUT2D eigenvalue weighted by Gasteiger charge is -2.37. The number of sulfonamides is 1. The molecule has 0 bridgehead atoms. The lowest BCUT2D eigenvalue weighted by molar-refractivity contribution is 0.0563. The molecule has 2 aliphatic heterocycles. The van der Waals surface area contributed by atoms with E-state index in [4.69, 9.17) is 14.2 Å². The van der Waals surface area contributed by atoms with Gasteiger partial charge in [0.05, 0.1) is 18.7 Å². The molecule has 11 heteroatoms. The summed E-state index contributed by atoms with van der Waals surface area (Å²) in [4.78, 5) is 14.8. The summed E-state index contributed by atoms with van der Waals surface area (Å²) in [6, 6.07) is 14.8. The van der Waals surface area contributed by atoms with Gasteiger partial charge in [-0.15, -0.1) is 0 Å². The van der Waals surface area contributed by atoms with Crippen LogP contribution >= 0.6 is 0 Å². The van der Waals surface area contributed by atoms with E-state index in [-0.39, 0.29) is 54.5 Å². The van der Waals surface area contributed by atoms with Gasteiger partial charge in [-0.25, -0.2) is 12.8 Å². The van der Waals surface area contributed by atoms with Crippen LogP contribution in [-0.4, -0.2) is 74.3 Å². The summed E-state index contributed by atoms with van der Waals surface area (Å²) in [7, 11) is -2.42. The van der Waals surface area contributed by atoms with E-state index in [2.05, 4.69) is 11.8 Å². The Labute approximate surface area is 244 Å². The molecule has 0 saturated heterocycles. The number of halogens is 1. The number of likely N-dealkylation sites (N-methyl/N-ethyl adjacent to an activating group) is 1. The molecule has 0 fully saturated rings. The molecule has 220 valence electrons. The standard InChI is InChI=1S/C31H31FN2O7S/c1-20-16-34(21(2)18-35)42(37,38)30-13-9-22(8-10-23-6-4-5-7-25(23)32)14-28(30)41-29(20)17-33(3)31(36)24-11-12-26-27(15-24)40-19-39-26/h4-7,9,11-15,20-21,29,35H,16-19H2,1-3H3/t20-,21-,29-/m0/s1. The van der Waals surface area contributed by atoms with Crippen LogP contribution in [0, 0.1) is 23.6 Å². The highest BCUT2D eigenvalue weighted by Gasteiger charge is 2.38. The van der Waals surface area contributed by atoms with E-state index in [0.29, 0.717) is 22.6 Å². The molecule has 3 aromatic rings. The van der Waals surface area contributed by atoms with Crippen LogP contribution in [0.4, 0.5) is 4.39 Å². The first-order chi connectivity index (χ1) is 20.1. The summed E-state index contributed by atoms with van der Waals surface area (Å²) in [5, 5.41) is 9.88. The number of hydrogen-bond acceptors (Lipinski definition) is 7. The Morgan fingerprint density at radius 2 is 1.86 bits per heavy atom. The van der Waals surface area contributed by atoms with Crippen molar-refractivity contribution in [3.05, 3.63) is 83.2 Å². The molecule has 0 radical (unpaired) electrons. The summed E-state index contributed by atoms with van der Waals surface area (Å²) in [6.45, 7) is 3.39. The number of aliphatic hydroxyl groups is 1. The van der Waals surface area contributed by atoms with Gasteiger partial charge in [0.15, 0.2) is 11.5 Å². The Morgan fingerprint density at radius 1 is 1.10 bits per heavy atom. The number of fused-ring (bicyclic) bond motifs is 2. The Bertz CT molecular complexity index is 1670. The maximum absolute atomic E-state index is 14.1. The monoisotopic (exact) mass is 594 g/mol. The molecule has 0 aromatic heterocycles. The molecule has 2 heterocycles. The third kappa shape index (κ3) is 5.92. The third-order valence-electron chi connectivity index (χ3n) is 7.30. The first-order valence-electron chi connectivity index (χ1n) is 13.4. The van der Waals surface area contributed by atoms with Gasteiger partial charge in [0.1, 0.15) is 22.6 Å². The van der Waals surface area contributed by atoms with Crippen molar-refractivity contribution in [2.24, 2.45) is 5.92 Å². The molecule has 0 saturated carbocycles. The zero-order valence-electron chi connectivity index (χ0n) is 23.4. The topological polar surface area (TPSA) is 106 Å². The molecule has 5 rings (SSSR count). The predicted molar refractivity (Wildman–Crippen MR) is 152 cm³/mol. The Morgan fingerprint density at radius 3 is 2.62 bits per heavy atom. The molecule has 3 aromatic carbocycles. The van der Waals surface area contributed by atoms with Crippen molar-refractivity contribution in [2.75, 3.05) is 33.5 Å². The second-order valence-electron chi connectivity index (χ2n) is 10.4. The van der Waals surface area contributed by atoms with Crippen LogP contribution in [0.1, 0.15) is 35.3 Å². The van der Waals surface area contributed by atoms with Gasteiger partial charge in [0, 0.05) is 36.7 Å². The lowest BCUT2D eigenvalue weighted by atomic mass is 10.0. The van der Waals surface area contributed by atoms with Crippen molar-refractivity contribution in [3.8, 4) is 29.1 Å². The number of carbonyl (C=O) groups is 1. The summed E-state index contributed by atoms with van der Waals surface area (Å²) in [5.74, 6) is 5.66. The number of hydrogen-bond donors (Lipinski definition) is 1. The molecule has 1 amide bonds. The molecule has 1 N–H and O–H groups in total. The number of ether oxygens (including phenoxy) is 3. The molecule has 9 nitrogen and oxygen atoms in total. The van der Waals surface area contributed by atoms with Crippen molar-refractivity contribution in [3.63, 3.8) is 0 Å². The average Bonchev–Trinajstić information content (AvgIpc) is 3.45. The average molecular weight is 595 g/mol. The molecule has 0 aliphatic carbocycles. The zero-order valence-corrected chi connectivity index (χ0v) is 24.2. The van der Waals surface area contributed by atoms with Crippen molar-refractivity contribution < 1.29 is 36.9 Å². The molecule has 2 aliphatic rings. The van der Waals surface area contributed by atoms with Crippen molar-refractivity contribution in [2.45, 2.75) is 30.9 Å². The predicted octanol–water partition coefficient (Wildman–Crippen LogP) is 3.50. The van der Waals surface area contributed by atoms with E-state index in [0.717, 1.165) is 0 Å². The van der Waals surface area contributed by atoms with Crippen LogP contribution in [0.3, 0.4) is 0 Å². The minimum atomic E-state index is -4.06. The van der Waals surface area contributed by atoms with E-state index in [1.54, 1.807) is 50.4 Å². The Hall–Kier alpha value is -4.11. The van der Waals surface area contributed by atoms with E-state index in [9.17, 15) is 22.7 Å². The molecule has 42 heavy (non-hydrogen) atoms. The number of carbonyl (C=O) groups excluding carboxylic acids is 1. The number of benzene rings is 3. The zero-order chi connectivity index (χ0) is 30.0. The number of amides is 1. The van der Waals surface area contributed by atoms with Gasteiger partial charge in [-0.1, -0.05) is 30.9 Å². The van der Waals surface area contributed by atoms with E-state index < -0.39 is 28.0 Å². The van der Waals surface area contributed by atoms with Gasteiger partial charge in [0.2, 0.25) is 16.8 Å². The first-order valence-corrected chi connectivity index (χ1v) is 14.9. The van der Waals surface area contributed by atoms with Gasteiger partial charge in [-0.3, -0.25) is 4.79 Å². The Balaban J connectivity index is 1.48. The second-order valence-corrected chi connectivity index (χ2v) is 12.2. The molecule has 3 atom stereocenters. The fraction of sp³-hybridized carbons (Fsp3) is 0.323. The van der Waals surface area contributed by atoms with Gasteiger partial charge >= 0.3 is 0 Å². The maximum atomic E-state index is 14.1. The van der Waals surface area contributed by atoms with Gasteiger partial charge in [-0.05, 0) is 55.5 Å². The van der Waals surface area contributed by atoms with Crippen LogP contribution in [0.15, 0.2) is 65.6 Å². The van der Waals surface area contributed by atoms with Crippen LogP contribution in [0.25, 0.3) is 0 Å². The highest BCUT2D eigenvalue weighted by molar-refractivity contribution is 7.89. The third-order valence-corrected chi connectivity index (χ3v) is 9.32. The quantitative estimate of drug-likeness (QED) is 0.451. The van der Waals surface area contributed by atoms with Gasteiger partial charge in [0.25, 0.3) is 5.91 Å². The maximum Gasteiger partial charge on any atom is 0.253 e. The van der Waals surface area contributed by atoms with Crippen LogP contribution < -0.4 is 14.2 Å². The summed E-state index contributed by atoms with van der Waals surface area (Å²) >= 11 is 0. The highest BCUT2D eigenvalue weighted by atomic mass is 32.2. The number of nitrogens with zero attached hydrogens (tertiary/aromatic N) is 2. The fourth-order valence-electron chi connectivity index (χ4n) is 4.83. The van der Waals surface area contributed by atoms with Crippen molar-refractivity contribution in [1.82, 2.24) is 9.21 Å². The fourth-order valence-corrected chi connectivity index (χ4v) is 6.65. The summed E-state index contributed by atoms with van der Waals surface area (Å²) < 4.78 is 59.9. The highest BCUT2D eigenvalue weighted by Crippen LogP contribution is 2.35. The number of aliphatic hydroxyl groups excluding tert-OH is 1. The minimum Gasteiger partial charge on any atom is -0.487 e. The first kappa shape index (κ1) is 29.4. The second kappa shape index (κ2) is 12.0. The van der Waals surface area contributed by atoms with Crippen molar-refractivity contribution in [1.29, 1.82) is 0 Å². The largest absolute Gasteiger partial charge is 0.487 e. The summed E-state index contributed by atoms with van der Waals surface area (Å²) in [5.41, 5.74) is 1.03. The van der Waals surface area contributed by atoms with Crippen LogP contribution in [0.5, 0.6) is 17.2 Å². The van der Waals surface area contributed by atoms with E-state index >= 15 is 0 Å². The smallest absolute Gasteiger partial charge is 0.253 e. The number of rotatable bonds is 5. The molecular formula is C31H31FN2O7S. The van der Waals surface area contributed by atoms with E-state index in [1.807, 2.05) is 6.92 Å². The van der Waals surface area contributed by atoms with Gasteiger partial charge < -0.3 is 24.2 Å². The molecule has 0 unspecified atom stereocenters. The van der Waals surface area contributed by atoms with Gasteiger partial charge in [-0.2, -0.15) is 4.31 Å². The van der Waals surface area contributed by atoms with Crippen LogP contribution in [-0.2, 0) is 10.0 Å². The molecule has 0 spiro atoms. The minimum absolute atomic E-state index is 0.0611. The lowest BCUT2D eigenvalue weighted by Crippen LogP contribution is -2.50. The van der Waals surface area contributed by atoms with E-state index in [1.165, 1.54) is 33.5 Å². The SMILES string of the molecule is C[C@H]1CN([C@@H](C)CO)S(=O)(=O)c2ccc(C#Cc3ccccc3F)cc2O[C@H]1CN(C)C(=O)c1ccc2c(c1)OCO2. The normalized spacial score (nSPS) is 19.7. The Kier molecular flexibility index (Phi) is 8.41. The molecular weight excluding hydrogens is 563 g/mol. The van der Waals surface area contributed by atoms with Crippen LogP contribution in [0.2, 0.25) is 0 Å².